The van der Waals surface area contributed by atoms with Crippen LogP contribution < -0.4 is 25.0 Å². The molecule has 3 rings (SSSR count). The SMILES string of the molecule is Cc1ccc(NC(=O)C[NH+](C)CC(=O)Nc2ccc3c(c2)OCCCO3)cc1. The minimum atomic E-state index is -0.171. The largest absolute Gasteiger partial charge is 0.490 e. The smallest absolute Gasteiger partial charge is 0.279 e. The molecule has 7 heteroatoms. The first-order valence-corrected chi connectivity index (χ1v) is 9.37. The van der Waals surface area contributed by atoms with Crippen molar-refractivity contribution in [3.63, 3.8) is 0 Å². The third kappa shape index (κ3) is 5.72. The fourth-order valence-corrected chi connectivity index (χ4v) is 2.90. The van der Waals surface area contributed by atoms with E-state index in [-0.39, 0.29) is 24.9 Å². The van der Waals surface area contributed by atoms with Crippen molar-refractivity contribution in [1.82, 2.24) is 0 Å². The van der Waals surface area contributed by atoms with Gasteiger partial charge in [0.25, 0.3) is 11.8 Å². The summed E-state index contributed by atoms with van der Waals surface area (Å²) < 4.78 is 11.2. The predicted molar refractivity (Wildman–Crippen MR) is 107 cm³/mol. The van der Waals surface area contributed by atoms with Gasteiger partial charge in [-0.05, 0) is 31.2 Å². The summed E-state index contributed by atoms with van der Waals surface area (Å²) in [6.07, 6.45) is 0.829. The van der Waals surface area contributed by atoms with Crippen molar-refractivity contribution in [3.05, 3.63) is 48.0 Å². The van der Waals surface area contributed by atoms with Gasteiger partial charge in [-0.1, -0.05) is 17.7 Å². The number of likely N-dealkylation sites (N-methyl/N-ethyl adjacent to an activating group) is 1. The monoisotopic (exact) mass is 384 g/mol. The number of nitrogens with one attached hydrogen (secondary N) is 3. The van der Waals surface area contributed by atoms with Crippen LogP contribution in [-0.2, 0) is 9.59 Å². The van der Waals surface area contributed by atoms with Gasteiger partial charge in [0.05, 0.1) is 20.3 Å². The summed E-state index contributed by atoms with van der Waals surface area (Å²) in [5.41, 5.74) is 2.53. The fourth-order valence-electron chi connectivity index (χ4n) is 2.90. The Labute approximate surface area is 164 Å². The number of carbonyl (C=O) groups is 2. The highest BCUT2D eigenvalue weighted by Gasteiger charge is 2.16. The Kier molecular flexibility index (Phi) is 6.49. The summed E-state index contributed by atoms with van der Waals surface area (Å²) in [4.78, 5) is 25.2. The highest BCUT2D eigenvalue weighted by molar-refractivity contribution is 5.93. The molecule has 2 aromatic carbocycles. The summed E-state index contributed by atoms with van der Waals surface area (Å²) in [6, 6.07) is 12.9. The number of benzene rings is 2. The highest BCUT2D eigenvalue weighted by atomic mass is 16.5. The average molecular weight is 384 g/mol. The first kappa shape index (κ1) is 19.7. The quantitative estimate of drug-likeness (QED) is 0.700. The number of anilines is 2. The molecule has 0 fully saturated rings. The third-order valence-corrected chi connectivity index (χ3v) is 4.29. The molecule has 0 aliphatic carbocycles. The maximum Gasteiger partial charge on any atom is 0.279 e. The number of hydrogen-bond acceptors (Lipinski definition) is 4. The summed E-state index contributed by atoms with van der Waals surface area (Å²) in [5, 5.41) is 5.69. The second-order valence-corrected chi connectivity index (χ2v) is 6.99. The van der Waals surface area contributed by atoms with Crippen LogP contribution in [0.3, 0.4) is 0 Å². The van der Waals surface area contributed by atoms with Gasteiger partial charge in [0.15, 0.2) is 24.6 Å². The predicted octanol–water partition coefficient (Wildman–Crippen LogP) is 1.25. The van der Waals surface area contributed by atoms with Gasteiger partial charge in [-0.15, -0.1) is 0 Å². The molecular weight excluding hydrogens is 358 g/mol. The van der Waals surface area contributed by atoms with Crippen molar-refractivity contribution < 1.29 is 24.0 Å². The van der Waals surface area contributed by atoms with E-state index in [1.165, 1.54) is 0 Å². The molecule has 1 atom stereocenters. The lowest BCUT2D eigenvalue weighted by molar-refractivity contribution is -0.862. The average Bonchev–Trinajstić information content (AvgIpc) is 2.88. The molecule has 148 valence electrons. The summed E-state index contributed by atoms with van der Waals surface area (Å²) >= 11 is 0. The number of quaternary nitrogens is 1. The molecule has 0 saturated heterocycles. The van der Waals surface area contributed by atoms with Crippen molar-refractivity contribution in [2.75, 3.05) is 44.0 Å². The Hall–Kier alpha value is -3.06. The van der Waals surface area contributed by atoms with Crippen molar-refractivity contribution >= 4 is 23.2 Å². The Balaban J connectivity index is 1.48. The van der Waals surface area contributed by atoms with E-state index < -0.39 is 0 Å². The second kappa shape index (κ2) is 9.23. The van der Waals surface area contributed by atoms with Crippen LogP contribution in [0, 0.1) is 6.92 Å². The van der Waals surface area contributed by atoms with Crippen LogP contribution in [0.15, 0.2) is 42.5 Å². The zero-order chi connectivity index (χ0) is 19.9. The highest BCUT2D eigenvalue weighted by Crippen LogP contribution is 2.32. The molecule has 0 spiro atoms. The van der Waals surface area contributed by atoms with Crippen LogP contribution in [0.1, 0.15) is 12.0 Å². The number of hydrogen-bond donors (Lipinski definition) is 3. The van der Waals surface area contributed by atoms with E-state index in [2.05, 4.69) is 10.6 Å². The minimum absolute atomic E-state index is 0.135. The van der Waals surface area contributed by atoms with E-state index in [9.17, 15) is 9.59 Å². The zero-order valence-electron chi connectivity index (χ0n) is 16.2. The van der Waals surface area contributed by atoms with Crippen molar-refractivity contribution in [2.24, 2.45) is 0 Å². The molecule has 28 heavy (non-hydrogen) atoms. The molecule has 2 amide bonds. The maximum absolute atomic E-state index is 12.3. The van der Waals surface area contributed by atoms with E-state index in [1.807, 2.05) is 38.2 Å². The Morgan fingerprint density at radius 2 is 1.46 bits per heavy atom. The number of fused-ring (bicyclic) bond motifs is 1. The lowest BCUT2D eigenvalue weighted by atomic mass is 10.2. The van der Waals surface area contributed by atoms with Crippen molar-refractivity contribution in [3.8, 4) is 11.5 Å². The second-order valence-electron chi connectivity index (χ2n) is 6.99. The number of carbonyl (C=O) groups excluding carboxylic acids is 2. The van der Waals surface area contributed by atoms with Crippen LogP contribution in [0.2, 0.25) is 0 Å². The van der Waals surface area contributed by atoms with Gasteiger partial charge in [0.2, 0.25) is 0 Å². The normalized spacial score (nSPS) is 13.9. The van der Waals surface area contributed by atoms with Crippen molar-refractivity contribution in [2.45, 2.75) is 13.3 Å². The Morgan fingerprint density at radius 1 is 0.893 bits per heavy atom. The van der Waals surface area contributed by atoms with Crippen LogP contribution in [0.25, 0.3) is 0 Å². The molecule has 1 aliphatic heterocycles. The lowest BCUT2D eigenvalue weighted by Crippen LogP contribution is -3.11. The molecule has 0 aromatic heterocycles. The number of amides is 2. The van der Waals surface area contributed by atoms with E-state index in [4.69, 9.17) is 9.47 Å². The van der Waals surface area contributed by atoms with E-state index >= 15 is 0 Å². The number of aryl methyl sites for hydroxylation is 1. The molecule has 0 bridgehead atoms. The third-order valence-electron chi connectivity index (χ3n) is 4.29. The van der Waals surface area contributed by atoms with Crippen molar-refractivity contribution in [1.29, 1.82) is 0 Å². The van der Waals surface area contributed by atoms with E-state index in [1.54, 1.807) is 18.2 Å². The zero-order valence-corrected chi connectivity index (χ0v) is 16.2. The summed E-state index contributed by atoms with van der Waals surface area (Å²) in [6.45, 7) is 3.58. The van der Waals surface area contributed by atoms with Gasteiger partial charge in [-0.25, -0.2) is 0 Å². The van der Waals surface area contributed by atoms with Gasteiger partial charge >= 0.3 is 0 Å². The number of ether oxygens (including phenoxy) is 2. The van der Waals surface area contributed by atoms with Gasteiger partial charge in [0.1, 0.15) is 0 Å². The van der Waals surface area contributed by atoms with E-state index in [0.29, 0.717) is 30.4 Å². The molecule has 7 nitrogen and oxygen atoms in total. The Bertz CT molecular complexity index is 836. The first-order chi connectivity index (χ1) is 13.5. The maximum atomic E-state index is 12.3. The van der Waals surface area contributed by atoms with Gasteiger partial charge in [0, 0.05) is 23.9 Å². The fraction of sp³-hybridized carbons (Fsp3) is 0.333. The summed E-state index contributed by atoms with van der Waals surface area (Å²) in [5.74, 6) is 1.01. The lowest BCUT2D eigenvalue weighted by Gasteiger charge is -2.14. The van der Waals surface area contributed by atoms with Gasteiger partial charge < -0.3 is 25.0 Å². The molecule has 2 aromatic rings. The van der Waals surface area contributed by atoms with Gasteiger partial charge in [-0.3, -0.25) is 9.59 Å². The van der Waals surface area contributed by atoms with Crippen LogP contribution in [0.5, 0.6) is 11.5 Å². The van der Waals surface area contributed by atoms with Crippen LogP contribution in [-0.4, -0.2) is 45.2 Å². The van der Waals surface area contributed by atoms with Crippen LogP contribution >= 0.6 is 0 Å². The van der Waals surface area contributed by atoms with Gasteiger partial charge in [-0.2, -0.15) is 0 Å². The van der Waals surface area contributed by atoms with Crippen LogP contribution in [0.4, 0.5) is 11.4 Å². The molecule has 1 aliphatic rings. The molecule has 1 unspecified atom stereocenters. The molecule has 1 heterocycles. The number of rotatable bonds is 6. The topological polar surface area (TPSA) is 81.1 Å². The standard InChI is InChI=1S/C21H25N3O4/c1-15-4-6-16(7-5-15)22-20(25)13-24(2)14-21(26)23-17-8-9-18-19(12-17)28-11-3-10-27-18/h4-9,12H,3,10-11,13-14H2,1-2H3,(H,22,25)(H,23,26)/p+1. The molecular formula is C21H26N3O4+. The minimum Gasteiger partial charge on any atom is -0.490 e. The first-order valence-electron chi connectivity index (χ1n) is 9.37. The Morgan fingerprint density at radius 3 is 2.14 bits per heavy atom. The molecule has 0 radical (unpaired) electrons. The molecule has 3 N–H and O–H groups in total. The summed E-state index contributed by atoms with van der Waals surface area (Å²) in [7, 11) is 1.81. The van der Waals surface area contributed by atoms with E-state index in [0.717, 1.165) is 22.6 Å². The molecule has 0 saturated carbocycles.